The fourth-order valence-corrected chi connectivity index (χ4v) is 3.58. The van der Waals surface area contributed by atoms with Crippen LogP contribution in [0.2, 0.25) is 0 Å². The van der Waals surface area contributed by atoms with Gasteiger partial charge >= 0.3 is 0 Å². The van der Waals surface area contributed by atoms with E-state index in [9.17, 15) is 4.39 Å². The number of hydrogen-bond acceptors (Lipinski definition) is 2. The third-order valence-electron chi connectivity index (χ3n) is 2.96. The molecule has 1 aromatic carbocycles. The highest BCUT2D eigenvalue weighted by Gasteiger charge is 2.19. The maximum absolute atomic E-state index is 13.7. The van der Waals surface area contributed by atoms with Crippen LogP contribution >= 0.6 is 15.9 Å². The zero-order chi connectivity index (χ0) is 12.4. The average Bonchev–Trinajstić information content (AvgIpc) is 2.33. The number of ether oxygens (including phenoxy) is 1. The average molecular weight is 320 g/mol. The van der Waals surface area contributed by atoms with Crippen LogP contribution in [0.4, 0.5) is 4.39 Å². The van der Waals surface area contributed by atoms with Gasteiger partial charge in [-0.15, -0.1) is 10.7 Å². The Kier molecular flexibility index (Phi) is 4.20. The van der Waals surface area contributed by atoms with Gasteiger partial charge in [0.05, 0.1) is 4.47 Å². The van der Waals surface area contributed by atoms with E-state index in [1.54, 1.807) is 19.1 Å². The Morgan fingerprint density at radius 1 is 1.41 bits per heavy atom. The van der Waals surface area contributed by atoms with Gasteiger partial charge < -0.3 is 4.74 Å². The van der Waals surface area contributed by atoms with Crippen molar-refractivity contribution in [1.29, 1.82) is 4.78 Å². The molecule has 0 atom stereocenters. The molecule has 5 heteroatoms. The minimum absolute atomic E-state index is 0.142. The van der Waals surface area contributed by atoms with E-state index in [1.807, 2.05) is 0 Å². The zero-order valence-corrected chi connectivity index (χ0v) is 12.0. The molecule has 0 aromatic heterocycles. The van der Waals surface area contributed by atoms with Crippen molar-refractivity contribution < 1.29 is 9.13 Å². The van der Waals surface area contributed by atoms with E-state index in [1.165, 1.54) is 0 Å². The standard InChI is InChI=1S/C12H15BrFNOS/c1-8-11(3-2-10(13)12(8)14)16-9-4-6-17(15)7-5-9/h2-3,9,15H,4-7H2,1H3. The van der Waals surface area contributed by atoms with Crippen LogP contribution in [0.5, 0.6) is 5.75 Å². The Hall–Kier alpha value is -0.420. The van der Waals surface area contributed by atoms with E-state index in [-0.39, 0.29) is 22.6 Å². The van der Waals surface area contributed by atoms with Crippen molar-refractivity contribution in [3.63, 3.8) is 0 Å². The quantitative estimate of drug-likeness (QED) is 0.883. The Morgan fingerprint density at radius 3 is 2.71 bits per heavy atom. The van der Waals surface area contributed by atoms with E-state index >= 15 is 0 Å². The van der Waals surface area contributed by atoms with E-state index < -0.39 is 0 Å². The summed E-state index contributed by atoms with van der Waals surface area (Å²) in [5.74, 6) is 2.19. The fourth-order valence-electron chi connectivity index (χ4n) is 1.85. The summed E-state index contributed by atoms with van der Waals surface area (Å²) in [4.78, 5) is 0. The molecule has 0 saturated carbocycles. The fraction of sp³-hybridized carbons (Fsp3) is 0.500. The van der Waals surface area contributed by atoms with Crippen molar-refractivity contribution in [2.75, 3.05) is 11.5 Å². The summed E-state index contributed by atoms with van der Waals surface area (Å²) >= 11 is 3.16. The molecule has 1 saturated heterocycles. The highest BCUT2D eigenvalue weighted by molar-refractivity contribution is 9.10. The van der Waals surface area contributed by atoms with Crippen LogP contribution in [-0.2, 0) is 10.7 Å². The molecule has 0 aliphatic carbocycles. The number of benzene rings is 1. The molecule has 0 bridgehead atoms. The molecule has 17 heavy (non-hydrogen) atoms. The first-order chi connectivity index (χ1) is 8.08. The Balaban J connectivity index is 2.09. The van der Waals surface area contributed by atoms with Crippen LogP contribution in [-0.4, -0.2) is 17.6 Å². The van der Waals surface area contributed by atoms with Gasteiger partial charge in [0.1, 0.15) is 17.7 Å². The molecule has 2 nitrogen and oxygen atoms in total. The van der Waals surface area contributed by atoms with Gasteiger partial charge in [-0.25, -0.2) is 4.39 Å². The second-order valence-corrected chi connectivity index (χ2v) is 6.86. The summed E-state index contributed by atoms with van der Waals surface area (Å²) < 4.78 is 27.6. The van der Waals surface area contributed by atoms with Crippen molar-refractivity contribution in [2.24, 2.45) is 0 Å². The molecule has 0 spiro atoms. The number of rotatable bonds is 2. The van der Waals surface area contributed by atoms with Crippen LogP contribution in [0.1, 0.15) is 18.4 Å². The lowest BCUT2D eigenvalue weighted by Crippen LogP contribution is -2.27. The molecule has 1 N–H and O–H groups in total. The minimum Gasteiger partial charge on any atom is -0.490 e. The predicted octanol–water partition coefficient (Wildman–Crippen LogP) is 3.82. The molecule has 1 aromatic rings. The lowest BCUT2D eigenvalue weighted by atomic mass is 10.2. The molecule has 1 heterocycles. The van der Waals surface area contributed by atoms with Crippen LogP contribution in [0.15, 0.2) is 16.6 Å². The second kappa shape index (κ2) is 5.48. The first-order valence-corrected chi connectivity index (χ1v) is 7.93. The normalized spacial score (nSPS) is 24.6. The topological polar surface area (TPSA) is 33.1 Å². The summed E-state index contributed by atoms with van der Waals surface area (Å²) in [6.45, 7) is 1.73. The maximum atomic E-state index is 13.7. The van der Waals surface area contributed by atoms with Crippen LogP contribution in [0.3, 0.4) is 0 Å². The van der Waals surface area contributed by atoms with Gasteiger partial charge in [0, 0.05) is 17.1 Å². The van der Waals surface area contributed by atoms with E-state index in [2.05, 4.69) is 15.9 Å². The lowest BCUT2D eigenvalue weighted by molar-refractivity contribution is 0.189. The number of halogens is 2. The van der Waals surface area contributed by atoms with Crippen LogP contribution in [0.25, 0.3) is 0 Å². The van der Waals surface area contributed by atoms with Gasteiger partial charge in [-0.2, -0.15) is 0 Å². The molecule has 0 radical (unpaired) electrons. The van der Waals surface area contributed by atoms with E-state index in [4.69, 9.17) is 9.52 Å². The Labute approximate surface area is 112 Å². The molecule has 0 amide bonds. The molecule has 1 aliphatic heterocycles. The van der Waals surface area contributed by atoms with Gasteiger partial charge in [-0.1, -0.05) is 0 Å². The maximum Gasteiger partial charge on any atom is 0.143 e. The monoisotopic (exact) mass is 319 g/mol. The van der Waals surface area contributed by atoms with Crippen molar-refractivity contribution in [3.05, 3.63) is 28.0 Å². The highest BCUT2D eigenvalue weighted by Crippen LogP contribution is 2.29. The van der Waals surface area contributed by atoms with Crippen molar-refractivity contribution in [2.45, 2.75) is 25.9 Å². The SMILES string of the molecule is Cc1c(OC2CCS(=N)CC2)ccc(Br)c1F. The van der Waals surface area contributed by atoms with E-state index in [0.717, 1.165) is 24.3 Å². The van der Waals surface area contributed by atoms with Crippen LogP contribution in [0, 0.1) is 17.5 Å². The summed E-state index contributed by atoms with van der Waals surface area (Å²) in [5, 5.41) is 0. The van der Waals surface area contributed by atoms with Gasteiger partial charge in [0.15, 0.2) is 0 Å². The molecular formula is C12H15BrFNOS. The van der Waals surface area contributed by atoms with Gasteiger partial charge in [-0.3, -0.25) is 4.78 Å². The summed E-state index contributed by atoms with van der Waals surface area (Å²) in [6.07, 6.45) is 1.95. The number of hydrogen-bond donors (Lipinski definition) is 1. The van der Waals surface area contributed by atoms with Crippen molar-refractivity contribution in [3.8, 4) is 5.75 Å². The Morgan fingerprint density at radius 2 is 2.06 bits per heavy atom. The first kappa shape index (κ1) is 13.0. The number of nitrogens with one attached hydrogen (secondary N) is 1. The zero-order valence-electron chi connectivity index (χ0n) is 9.63. The molecule has 1 fully saturated rings. The predicted molar refractivity (Wildman–Crippen MR) is 72.3 cm³/mol. The minimum atomic E-state index is -0.251. The summed E-state index contributed by atoms with van der Waals surface area (Å²) in [6, 6.07) is 3.48. The Bertz CT molecular complexity index is 442. The molecule has 1 aliphatic rings. The lowest BCUT2D eigenvalue weighted by Gasteiger charge is -2.25. The molecular weight excluding hydrogens is 305 g/mol. The molecule has 2 rings (SSSR count). The van der Waals surface area contributed by atoms with Gasteiger partial charge in [0.2, 0.25) is 0 Å². The van der Waals surface area contributed by atoms with Gasteiger partial charge in [0.25, 0.3) is 0 Å². The van der Waals surface area contributed by atoms with Gasteiger partial charge in [-0.05, 0) is 47.8 Å². The third-order valence-corrected chi connectivity index (χ3v) is 5.03. The van der Waals surface area contributed by atoms with E-state index in [0.29, 0.717) is 15.8 Å². The summed E-state index contributed by atoms with van der Waals surface area (Å²) in [7, 11) is -0.194. The molecule has 0 unspecified atom stereocenters. The highest BCUT2D eigenvalue weighted by atomic mass is 79.9. The second-order valence-electron chi connectivity index (χ2n) is 4.20. The summed E-state index contributed by atoms with van der Waals surface area (Å²) in [5.41, 5.74) is 0.551. The first-order valence-electron chi connectivity index (χ1n) is 5.58. The largest absolute Gasteiger partial charge is 0.490 e. The third kappa shape index (κ3) is 3.07. The van der Waals surface area contributed by atoms with Crippen molar-refractivity contribution in [1.82, 2.24) is 0 Å². The van der Waals surface area contributed by atoms with Crippen LogP contribution < -0.4 is 4.74 Å². The molecule has 94 valence electrons. The van der Waals surface area contributed by atoms with Crippen molar-refractivity contribution >= 4 is 26.6 Å². The smallest absolute Gasteiger partial charge is 0.143 e.